The number of imidazole rings is 1. The van der Waals surface area contributed by atoms with Crippen LogP contribution in [0, 0.1) is 36.5 Å². The summed E-state index contributed by atoms with van der Waals surface area (Å²) in [6.07, 6.45) is 7.64. The number of amides is 2. The lowest BCUT2D eigenvalue weighted by atomic mass is 9.83. The Morgan fingerprint density at radius 2 is 1.71 bits per heavy atom. The number of ketones is 2. The van der Waals surface area contributed by atoms with Gasteiger partial charge in [0.15, 0.2) is 5.78 Å². The van der Waals surface area contributed by atoms with E-state index in [4.69, 9.17) is 9.47 Å². The molecule has 2 amide bonds. The van der Waals surface area contributed by atoms with E-state index >= 15 is 0 Å². The molecular formula is C45H69N5O6. The summed E-state index contributed by atoms with van der Waals surface area (Å²) in [5, 5.41) is 3.51. The van der Waals surface area contributed by atoms with Crippen molar-refractivity contribution < 1.29 is 28.7 Å². The molecule has 1 saturated carbocycles. The number of likely N-dealkylation sites (tertiary alicyclic amines) is 1. The molecule has 3 heterocycles. The molecule has 2 saturated heterocycles. The van der Waals surface area contributed by atoms with E-state index in [1.807, 2.05) is 57.8 Å². The van der Waals surface area contributed by atoms with E-state index in [9.17, 15) is 19.2 Å². The van der Waals surface area contributed by atoms with Gasteiger partial charge in [0.05, 0.1) is 36.8 Å². The minimum absolute atomic E-state index is 0.0226. The molecular weight excluding hydrogens is 707 g/mol. The highest BCUT2D eigenvalue weighted by Crippen LogP contribution is 2.37. The van der Waals surface area contributed by atoms with Gasteiger partial charge in [0.1, 0.15) is 11.6 Å². The van der Waals surface area contributed by atoms with Crippen LogP contribution in [0.2, 0.25) is 0 Å². The molecule has 0 unspecified atom stereocenters. The van der Waals surface area contributed by atoms with Crippen LogP contribution in [0.1, 0.15) is 115 Å². The van der Waals surface area contributed by atoms with Crippen molar-refractivity contribution in [1.29, 1.82) is 0 Å². The highest BCUT2D eigenvalue weighted by Gasteiger charge is 2.46. The number of H-pyrrole nitrogens is 1. The van der Waals surface area contributed by atoms with E-state index in [0.717, 1.165) is 55.6 Å². The van der Waals surface area contributed by atoms with Crippen molar-refractivity contribution >= 4 is 23.4 Å². The Kier molecular flexibility index (Phi) is 15.5. The van der Waals surface area contributed by atoms with Gasteiger partial charge in [-0.25, -0.2) is 4.98 Å². The highest BCUT2D eigenvalue weighted by atomic mass is 16.5. The van der Waals surface area contributed by atoms with E-state index in [1.165, 1.54) is 0 Å². The molecule has 2 bridgehead atoms. The first-order valence-corrected chi connectivity index (χ1v) is 21.3. The molecule has 3 fully saturated rings. The number of aromatic nitrogens is 2. The first-order chi connectivity index (χ1) is 26.8. The van der Waals surface area contributed by atoms with Crippen LogP contribution in [-0.4, -0.2) is 107 Å². The Balaban J connectivity index is 1.27. The summed E-state index contributed by atoms with van der Waals surface area (Å²) in [6.45, 7) is 12.7. The van der Waals surface area contributed by atoms with Gasteiger partial charge >= 0.3 is 0 Å². The van der Waals surface area contributed by atoms with Crippen LogP contribution in [-0.2, 0) is 35.1 Å². The van der Waals surface area contributed by atoms with E-state index in [-0.39, 0.29) is 72.1 Å². The maximum atomic E-state index is 14.4. The van der Waals surface area contributed by atoms with Gasteiger partial charge in [-0.3, -0.25) is 19.2 Å². The number of aromatic amines is 1. The molecule has 0 radical (unpaired) electrons. The van der Waals surface area contributed by atoms with Crippen LogP contribution in [0.4, 0.5) is 0 Å². The molecule has 56 heavy (non-hydrogen) atoms. The number of ether oxygens (including phenoxy) is 2. The fourth-order valence-electron chi connectivity index (χ4n) is 10.0. The normalized spacial score (nSPS) is 24.4. The molecule has 3 aliphatic rings. The van der Waals surface area contributed by atoms with Crippen molar-refractivity contribution in [2.45, 2.75) is 148 Å². The molecule has 2 N–H and O–H groups in total. The molecule has 1 aromatic heterocycles. The van der Waals surface area contributed by atoms with E-state index in [1.54, 1.807) is 25.3 Å². The zero-order chi connectivity index (χ0) is 40.7. The zero-order valence-corrected chi connectivity index (χ0v) is 35.5. The lowest BCUT2D eigenvalue weighted by Gasteiger charge is -2.41. The van der Waals surface area contributed by atoms with Gasteiger partial charge in [0.2, 0.25) is 11.8 Å². The van der Waals surface area contributed by atoms with E-state index in [2.05, 4.69) is 41.3 Å². The Labute approximate surface area is 335 Å². The minimum Gasteiger partial charge on any atom is -0.379 e. The predicted octanol–water partition coefficient (Wildman–Crippen LogP) is 6.30. The highest BCUT2D eigenvalue weighted by molar-refractivity contribution is 5.90. The Hall–Kier alpha value is -3.41. The zero-order valence-electron chi connectivity index (χ0n) is 35.5. The smallest absolute Gasteiger partial charge is 0.226 e. The average Bonchev–Trinajstić information content (AvgIpc) is 4.03. The molecule has 11 nitrogen and oxygen atoms in total. The van der Waals surface area contributed by atoms with E-state index in [0.29, 0.717) is 31.3 Å². The monoisotopic (exact) mass is 776 g/mol. The summed E-state index contributed by atoms with van der Waals surface area (Å²) in [7, 11) is 5.06. The van der Waals surface area contributed by atoms with Crippen LogP contribution in [0.3, 0.4) is 0 Å². The number of Topliss-reactive ketones (excluding diaryl/α,β-unsaturated/α-hetero) is 2. The third-order valence-electron chi connectivity index (χ3n) is 13.5. The summed E-state index contributed by atoms with van der Waals surface area (Å²) < 4.78 is 12.2. The summed E-state index contributed by atoms with van der Waals surface area (Å²) in [5.41, 5.74) is 2.09. The molecule has 11 heteroatoms. The predicted molar refractivity (Wildman–Crippen MR) is 218 cm³/mol. The standard InChI is InChI=1S/C45H69N5O6/c1-10-28(4)42(49(7)45(54)35(27(2)3)24-38(52)41-32-18-19-34(22-32)48-41)39(55-8)25-40(53)50-20-14-17-36(50)43(56-9)30(6)37(51)23-33(44-46-26-29(5)47-44)21-31-15-12-11-13-16-31/h11-13,15-16,26-28,30,32-36,39,41-43,48H,10,14,17-25H2,1-9H3,(H,46,47)/t28-,30-,32-,33+,34+,35-,36-,39+,41-,42-,43+/m0/s1. The quantitative estimate of drug-likeness (QED) is 0.151. The average molecular weight is 776 g/mol. The van der Waals surface area contributed by atoms with Gasteiger partial charge in [0, 0.05) is 76.3 Å². The van der Waals surface area contributed by atoms with Crippen molar-refractivity contribution in [2.75, 3.05) is 27.8 Å². The molecule has 5 rings (SSSR count). The molecule has 310 valence electrons. The number of methoxy groups -OCH3 is 2. The summed E-state index contributed by atoms with van der Waals surface area (Å²) in [6, 6.07) is 9.79. The maximum Gasteiger partial charge on any atom is 0.226 e. The van der Waals surface area contributed by atoms with Crippen molar-refractivity contribution in [3.05, 3.63) is 53.6 Å². The first kappa shape index (κ1) is 43.7. The van der Waals surface area contributed by atoms with Crippen molar-refractivity contribution in [3.8, 4) is 0 Å². The molecule has 1 aromatic carbocycles. The molecule has 2 aromatic rings. The van der Waals surface area contributed by atoms with Gasteiger partial charge in [-0.1, -0.05) is 71.4 Å². The second kappa shape index (κ2) is 19.8. The number of hydrogen-bond acceptors (Lipinski definition) is 8. The Morgan fingerprint density at radius 3 is 2.29 bits per heavy atom. The van der Waals surface area contributed by atoms with Crippen molar-refractivity contribution in [2.24, 2.45) is 29.6 Å². The number of piperidine rings is 1. The number of hydrogen-bond donors (Lipinski definition) is 2. The second-order valence-corrected chi connectivity index (χ2v) is 17.5. The number of carbonyl (C=O) groups excluding carboxylic acids is 4. The molecule has 1 aliphatic carbocycles. The fourth-order valence-corrected chi connectivity index (χ4v) is 10.0. The van der Waals surface area contributed by atoms with Gasteiger partial charge in [-0.05, 0) is 68.8 Å². The summed E-state index contributed by atoms with van der Waals surface area (Å²) in [4.78, 5) is 68.0. The number of carbonyl (C=O) groups is 4. The van der Waals surface area contributed by atoms with Gasteiger partial charge < -0.3 is 29.6 Å². The first-order valence-electron chi connectivity index (χ1n) is 21.3. The minimum atomic E-state index is -0.557. The number of nitrogens with zero attached hydrogens (tertiary/aromatic N) is 3. The second-order valence-electron chi connectivity index (χ2n) is 17.5. The van der Waals surface area contributed by atoms with Gasteiger partial charge in [-0.15, -0.1) is 0 Å². The molecule has 2 aliphatic heterocycles. The SMILES string of the molecule is CC[C@H](C)[C@@H]([C@@H](CC(=O)N1CCC[C@H]1[C@H](OC)[C@@H](C)C(=O)C[C@@H](Cc1ccccc1)c1ncc(C)[nH]1)OC)N(C)C(=O)[C@@H](CC(=O)[C@H]1N[C@@H]2CC[C@H]1C2)C(C)C. The molecule has 11 atom stereocenters. The number of benzene rings is 1. The van der Waals surface area contributed by atoms with E-state index < -0.39 is 24.0 Å². The Morgan fingerprint density at radius 1 is 0.982 bits per heavy atom. The van der Waals surface area contributed by atoms with Crippen LogP contribution in [0.5, 0.6) is 0 Å². The molecule has 0 spiro atoms. The van der Waals surface area contributed by atoms with Gasteiger partial charge in [0.25, 0.3) is 0 Å². The van der Waals surface area contributed by atoms with Crippen LogP contribution in [0.15, 0.2) is 36.5 Å². The Bertz CT molecular complexity index is 1610. The van der Waals surface area contributed by atoms with Crippen LogP contribution >= 0.6 is 0 Å². The third-order valence-corrected chi connectivity index (χ3v) is 13.5. The van der Waals surface area contributed by atoms with Crippen LogP contribution in [0.25, 0.3) is 0 Å². The van der Waals surface area contributed by atoms with Crippen LogP contribution < -0.4 is 5.32 Å². The summed E-state index contributed by atoms with van der Waals surface area (Å²) in [5.74, 6) is 0.235. The summed E-state index contributed by atoms with van der Waals surface area (Å²) >= 11 is 0. The largest absolute Gasteiger partial charge is 0.379 e. The topological polar surface area (TPSA) is 134 Å². The maximum absolute atomic E-state index is 14.4. The third kappa shape index (κ3) is 10.2. The van der Waals surface area contributed by atoms with Crippen molar-refractivity contribution in [1.82, 2.24) is 25.1 Å². The number of fused-ring (bicyclic) bond motifs is 2. The van der Waals surface area contributed by atoms with Crippen molar-refractivity contribution in [3.63, 3.8) is 0 Å². The number of nitrogens with one attached hydrogen (secondary N) is 2. The van der Waals surface area contributed by atoms with Gasteiger partial charge in [-0.2, -0.15) is 0 Å². The number of aryl methyl sites for hydroxylation is 1. The number of likely N-dealkylation sites (N-methyl/N-ethyl adjacent to an activating group) is 1. The number of rotatable bonds is 21. The lowest BCUT2D eigenvalue weighted by molar-refractivity contribution is -0.149. The fraction of sp³-hybridized carbons (Fsp3) is 0.711. The lowest BCUT2D eigenvalue weighted by Crippen LogP contribution is -2.54.